The van der Waals surface area contributed by atoms with E-state index in [9.17, 15) is 8.42 Å². The first kappa shape index (κ1) is 14.1. The zero-order chi connectivity index (χ0) is 14.3. The summed E-state index contributed by atoms with van der Waals surface area (Å²) in [7, 11) is -3.29. The Morgan fingerprint density at radius 2 is 2.05 bits per heavy atom. The molecule has 0 aromatic carbocycles. The molecule has 20 heavy (non-hydrogen) atoms. The molecule has 2 fully saturated rings. The highest BCUT2D eigenvalue weighted by Gasteiger charge is 2.41. The van der Waals surface area contributed by atoms with Crippen molar-refractivity contribution in [2.45, 2.75) is 61.6 Å². The van der Waals surface area contributed by atoms with Crippen LogP contribution in [-0.4, -0.2) is 24.1 Å². The minimum atomic E-state index is -3.29. The largest absolute Gasteiger partial charge is 0.382 e. The van der Waals surface area contributed by atoms with Crippen molar-refractivity contribution in [2.75, 3.05) is 11.1 Å². The number of nitrogens with zero attached hydrogens (tertiary/aromatic N) is 1. The number of nitrogens with one attached hydrogen (secondary N) is 1. The molecule has 0 bridgehead atoms. The Morgan fingerprint density at radius 1 is 1.30 bits per heavy atom. The number of aromatic nitrogens is 1. The second kappa shape index (κ2) is 5.18. The molecule has 1 aromatic rings. The van der Waals surface area contributed by atoms with Crippen LogP contribution in [0, 0.1) is 5.92 Å². The Kier molecular flexibility index (Phi) is 3.66. The van der Waals surface area contributed by atoms with E-state index in [4.69, 9.17) is 5.73 Å². The smallest absolute Gasteiger partial charge is 0.187 e. The summed E-state index contributed by atoms with van der Waals surface area (Å²) in [5.41, 5.74) is 5.81. The van der Waals surface area contributed by atoms with E-state index in [1.807, 2.05) is 0 Å². The predicted octanol–water partition coefficient (Wildman–Crippen LogP) is 2.65. The molecule has 0 aliphatic heterocycles. The lowest BCUT2D eigenvalue weighted by atomic mass is 9.87. The van der Waals surface area contributed by atoms with Crippen molar-refractivity contribution in [3.05, 3.63) is 0 Å². The van der Waals surface area contributed by atoms with Gasteiger partial charge in [-0.05, 0) is 43.1 Å². The molecule has 3 rings (SSSR count). The molecule has 2 saturated carbocycles. The molecule has 7 heteroatoms. The van der Waals surface area contributed by atoms with Crippen LogP contribution in [-0.2, 0) is 9.84 Å². The molecule has 0 radical (unpaired) electrons. The maximum Gasteiger partial charge on any atom is 0.187 e. The topological polar surface area (TPSA) is 85.1 Å². The van der Waals surface area contributed by atoms with Crippen LogP contribution in [0.3, 0.4) is 0 Å². The van der Waals surface area contributed by atoms with Gasteiger partial charge in [0, 0.05) is 6.04 Å². The first-order valence-electron chi connectivity index (χ1n) is 7.24. The van der Waals surface area contributed by atoms with E-state index in [1.54, 1.807) is 0 Å². The summed E-state index contributed by atoms with van der Waals surface area (Å²) in [4.78, 5) is 0.253. The number of nitrogens with two attached hydrogens (primary N) is 1. The molecule has 0 amide bonds. The monoisotopic (exact) mass is 315 g/mol. The SMILES string of the molecule is CC1CCCC(Nc2snc(N)c2S(=O)(=O)C2CC2)C1. The normalized spacial score (nSPS) is 27.4. The molecule has 112 valence electrons. The number of hydrogen-bond donors (Lipinski definition) is 2. The van der Waals surface area contributed by atoms with E-state index in [2.05, 4.69) is 16.6 Å². The Labute approximate surface area is 124 Å². The third-order valence-corrected chi connectivity index (χ3v) is 7.45. The summed E-state index contributed by atoms with van der Waals surface area (Å²) >= 11 is 1.18. The van der Waals surface area contributed by atoms with E-state index in [1.165, 1.54) is 24.4 Å². The van der Waals surface area contributed by atoms with Crippen LogP contribution in [0.15, 0.2) is 4.90 Å². The summed E-state index contributed by atoms with van der Waals surface area (Å²) < 4.78 is 29.0. The Morgan fingerprint density at radius 3 is 2.70 bits per heavy atom. The van der Waals surface area contributed by atoms with Gasteiger partial charge >= 0.3 is 0 Å². The number of sulfone groups is 1. The summed E-state index contributed by atoms with van der Waals surface area (Å²) in [6.07, 6.45) is 6.12. The van der Waals surface area contributed by atoms with Gasteiger partial charge in [0.15, 0.2) is 15.7 Å². The Bertz CT molecular complexity index is 593. The maximum absolute atomic E-state index is 12.4. The van der Waals surface area contributed by atoms with Crippen LogP contribution in [0.5, 0.6) is 0 Å². The number of anilines is 2. The third-order valence-electron chi connectivity index (χ3n) is 4.19. The lowest BCUT2D eigenvalue weighted by molar-refractivity contribution is 0.359. The highest BCUT2D eigenvalue weighted by molar-refractivity contribution is 7.92. The van der Waals surface area contributed by atoms with E-state index in [-0.39, 0.29) is 16.0 Å². The van der Waals surface area contributed by atoms with Gasteiger partial charge in [0.1, 0.15) is 9.90 Å². The molecule has 1 aromatic heterocycles. The molecular formula is C13H21N3O2S2. The lowest BCUT2D eigenvalue weighted by Gasteiger charge is -2.27. The van der Waals surface area contributed by atoms with Gasteiger partial charge in [0.25, 0.3) is 0 Å². The van der Waals surface area contributed by atoms with Gasteiger partial charge in [0.2, 0.25) is 0 Å². The molecule has 2 unspecified atom stereocenters. The summed E-state index contributed by atoms with van der Waals surface area (Å²) in [5, 5.41) is 3.79. The van der Waals surface area contributed by atoms with Crippen LogP contribution in [0.4, 0.5) is 10.8 Å². The van der Waals surface area contributed by atoms with Gasteiger partial charge < -0.3 is 11.1 Å². The average Bonchev–Trinajstić information content (AvgIpc) is 3.16. The fraction of sp³-hybridized carbons (Fsp3) is 0.769. The number of hydrogen-bond acceptors (Lipinski definition) is 6. The highest BCUT2D eigenvalue weighted by Crippen LogP contribution is 2.41. The molecular weight excluding hydrogens is 294 g/mol. The predicted molar refractivity (Wildman–Crippen MR) is 81.8 cm³/mol. The minimum absolute atomic E-state index is 0.160. The van der Waals surface area contributed by atoms with Gasteiger partial charge in [-0.3, -0.25) is 0 Å². The molecule has 5 nitrogen and oxygen atoms in total. The first-order chi connectivity index (χ1) is 9.48. The van der Waals surface area contributed by atoms with Crippen LogP contribution < -0.4 is 11.1 Å². The first-order valence-corrected chi connectivity index (χ1v) is 9.56. The summed E-state index contributed by atoms with van der Waals surface area (Å²) in [5.74, 6) is 0.850. The fourth-order valence-electron chi connectivity index (χ4n) is 2.96. The van der Waals surface area contributed by atoms with Gasteiger partial charge in [-0.2, -0.15) is 4.37 Å². The van der Waals surface area contributed by atoms with Gasteiger partial charge in [-0.25, -0.2) is 8.42 Å². The number of rotatable bonds is 4. The van der Waals surface area contributed by atoms with Gasteiger partial charge in [-0.1, -0.05) is 19.8 Å². The standard InChI is InChI=1S/C13H21N3O2S2/c1-8-3-2-4-9(7-8)15-13-11(12(14)16-19-13)20(17,18)10-5-6-10/h8-10,15H,2-7H2,1H3,(H2,14,16). The molecule has 2 aliphatic rings. The lowest BCUT2D eigenvalue weighted by Crippen LogP contribution is -2.26. The molecule has 1 heterocycles. The molecule has 0 spiro atoms. The van der Waals surface area contributed by atoms with Gasteiger partial charge in [0.05, 0.1) is 5.25 Å². The van der Waals surface area contributed by atoms with E-state index in [0.29, 0.717) is 17.0 Å². The molecule has 0 saturated heterocycles. The van der Waals surface area contributed by atoms with Crippen molar-refractivity contribution in [3.63, 3.8) is 0 Å². The molecule has 3 N–H and O–H groups in total. The van der Waals surface area contributed by atoms with E-state index < -0.39 is 9.84 Å². The van der Waals surface area contributed by atoms with Crippen molar-refractivity contribution in [3.8, 4) is 0 Å². The maximum atomic E-state index is 12.4. The van der Waals surface area contributed by atoms with Crippen LogP contribution >= 0.6 is 11.5 Å². The van der Waals surface area contributed by atoms with Crippen LogP contribution in [0.2, 0.25) is 0 Å². The van der Waals surface area contributed by atoms with E-state index >= 15 is 0 Å². The molecule has 2 atom stereocenters. The van der Waals surface area contributed by atoms with Crippen molar-refractivity contribution >= 4 is 32.2 Å². The third kappa shape index (κ3) is 2.65. The summed E-state index contributed by atoms with van der Waals surface area (Å²) in [6, 6.07) is 0.340. The van der Waals surface area contributed by atoms with Crippen LogP contribution in [0.25, 0.3) is 0 Å². The van der Waals surface area contributed by atoms with Crippen molar-refractivity contribution in [2.24, 2.45) is 5.92 Å². The van der Waals surface area contributed by atoms with Crippen molar-refractivity contribution < 1.29 is 8.42 Å². The zero-order valence-electron chi connectivity index (χ0n) is 11.6. The Hall–Kier alpha value is -0.820. The summed E-state index contributed by atoms with van der Waals surface area (Å²) in [6.45, 7) is 2.25. The van der Waals surface area contributed by atoms with Crippen molar-refractivity contribution in [1.82, 2.24) is 4.37 Å². The van der Waals surface area contributed by atoms with Gasteiger partial charge in [-0.15, -0.1) is 0 Å². The van der Waals surface area contributed by atoms with E-state index in [0.717, 1.165) is 25.7 Å². The second-order valence-electron chi connectivity index (χ2n) is 6.08. The number of nitrogen functional groups attached to an aromatic ring is 1. The highest BCUT2D eigenvalue weighted by atomic mass is 32.2. The van der Waals surface area contributed by atoms with Crippen LogP contribution in [0.1, 0.15) is 45.4 Å². The van der Waals surface area contributed by atoms with Crippen molar-refractivity contribution in [1.29, 1.82) is 0 Å². The average molecular weight is 315 g/mol. The zero-order valence-corrected chi connectivity index (χ0v) is 13.3. The molecule has 2 aliphatic carbocycles. The quantitative estimate of drug-likeness (QED) is 0.892. The fourth-order valence-corrected chi connectivity index (χ4v) is 5.91. The minimum Gasteiger partial charge on any atom is -0.382 e. The second-order valence-corrected chi connectivity index (χ2v) is 9.02. The Balaban J connectivity index is 1.83.